The van der Waals surface area contributed by atoms with Crippen LogP contribution in [0.15, 0.2) is 65.8 Å². The van der Waals surface area contributed by atoms with E-state index in [0.29, 0.717) is 27.8 Å². The van der Waals surface area contributed by atoms with E-state index in [4.69, 9.17) is 21.1 Å². The average molecular weight is 509 g/mol. The van der Waals surface area contributed by atoms with Crippen molar-refractivity contribution in [2.75, 3.05) is 24.4 Å². The third-order valence-electron chi connectivity index (χ3n) is 5.09. The quantitative estimate of drug-likeness (QED) is 0.241. The van der Waals surface area contributed by atoms with E-state index in [1.165, 1.54) is 19.4 Å². The molecule has 0 saturated heterocycles. The van der Waals surface area contributed by atoms with E-state index in [1.54, 1.807) is 36.4 Å². The number of amides is 3. The number of hydrogen-bond donors (Lipinski definition) is 3. The Morgan fingerprint density at radius 2 is 1.72 bits per heavy atom. The molecule has 0 aliphatic rings. The number of hydrogen-bond acceptors (Lipinski definition) is 6. The van der Waals surface area contributed by atoms with Crippen LogP contribution in [0.3, 0.4) is 0 Å². The van der Waals surface area contributed by atoms with Crippen LogP contribution in [-0.4, -0.2) is 37.7 Å². The Bertz CT molecular complexity index is 1310. The van der Waals surface area contributed by atoms with Crippen LogP contribution in [0.5, 0.6) is 11.5 Å². The second kappa shape index (κ2) is 12.4. The number of carbonyl (C=O) groups is 3. The molecule has 0 aromatic heterocycles. The van der Waals surface area contributed by atoms with Crippen LogP contribution in [0.1, 0.15) is 16.7 Å². The fraction of sp³-hybridized carbons (Fsp3) is 0.154. The number of ether oxygens (including phenoxy) is 2. The SMILES string of the molecule is COc1cc(/C=N\NC(=O)C(=O)Nc2cccc(Cl)c2)ccc1OCC(=O)Nc1cccc(C)c1C. The van der Waals surface area contributed by atoms with Gasteiger partial charge in [-0.3, -0.25) is 14.4 Å². The molecule has 36 heavy (non-hydrogen) atoms. The monoisotopic (exact) mass is 508 g/mol. The summed E-state index contributed by atoms with van der Waals surface area (Å²) in [5.74, 6) is -1.43. The topological polar surface area (TPSA) is 118 Å². The van der Waals surface area contributed by atoms with Gasteiger partial charge in [-0.15, -0.1) is 0 Å². The second-order valence-electron chi connectivity index (χ2n) is 7.66. The zero-order valence-corrected chi connectivity index (χ0v) is 20.7. The van der Waals surface area contributed by atoms with Crippen LogP contribution in [0.4, 0.5) is 11.4 Å². The summed E-state index contributed by atoms with van der Waals surface area (Å²) in [4.78, 5) is 36.3. The van der Waals surface area contributed by atoms with Gasteiger partial charge in [0.1, 0.15) is 0 Å². The van der Waals surface area contributed by atoms with Crippen molar-refractivity contribution in [1.82, 2.24) is 5.43 Å². The highest BCUT2D eigenvalue weighted by molar-refractivity contribution is 6.39. The lowest BCUT2D eigenvalue weighted by Crippen LogP contribution is -2.32. The van der Waals surface area contributed by atoms with Gasteiger partial charge in [-0.05, 0) is 73.0 Å². The highest BCUT2D eigenvalue weighted by atomic mass is 35.5. The standard InChI is InChI=1S/C26H25ClN4O5/c1-16-6-4-9-21(17(16)2)30-24(32)15-36-22-11-10-18(12-23(22)35-3)14-28-31-26(34)25(33)29-20-8-5-7-19(27)13-20/h4-14H,15H2,1-3H3,(H,29,33)(H,30,32)(H,31,34)/b28-14-. The van der Waals surface area contributed by atoms with Crippen molar-refractivity contribution in [3.8, 4) is 11.5 Å². The number of carbonyl (C=O) groups excluding carboxylic acids is 3. The van der Waals surface area contributed by atoms with Crippen molar-refractivity contribution in [2.45, 2.75) is 13.8 Å². The van der Waals surface area contributed by atoms with Crippen LogP contribution < -0.4 is 25.5 Å². The molecule has 9 nitrogen and oxygen atoms in total. The molecule has 0 radical (unpaired) electrons. The summed E-state index contributed by atoms with van der Waals surface area (Å²) in [6.07, 6.45) is 1.34. The molecule has 3 rings (SSSR count). The van der Waals surface area contributed by atoms with E-state index in [-0.39, 0.29) is 12.5 Å². The van der Waals surface area contributed by atoms with E-state index < -0.39 is 11.8 Å². The van der Waals surface area contributed by atoms with Crippen molar-refractivity contribution >= 4 is 46.9 Å². The molecule has 3 amide bonds. The van der Waals surface area contributed by atoms with Crippen molar-refractivity contribution in [3.05, 3.63) is 82.4 Å². The lowest BCUT2D eigenvalue weighted by atomic mass is 10.1. The molecular weight excluding hydrogens is 484 g/mol. The van der Waals surface area contributed by atoms with Gasteiger partial charge < -0.3 is 20.1 Å². The Morgan fingerprint density at radius 3 is 2.47 bits per heavy atom. The Kier molecular flexibility index (Phi) is 9.01. The Labute approximate surface area is 213 Å². The van der Waals surface area contributed by atoms with Gasteiger partial charge in [-0.2, -0.15) is 5.10 Å². The highest BCUT2D eigenvalue weighted by Crippen LogP contribution is 2.27. The van der Waals surface area contributed by atoms with E-state index >= 15 is 0 Å². The number of aryl methyl sites for hydroxylation is 1. The van der Waals surface area contributed by atoms with Gasteiger partial charge in [-0.25, -0.2) is 5.43 Å². The molecule has 0 fully saturated rings. The van der Waals surface area contributed by atoms with Crippen molar-refractivity contribution in [3.63, 3.8) is 0 Å². The van der Waals surface area contributed by atoms with Crippen LogP contribution in [0.25, 0.3) is 0 Å². The molecule has 10 heteroatoms. The zero-order chi connectivity index (χ0) is 26.1. The van der Waals surface area contributed by atoms with Crippen LogP contribution >= 0.6 is 11.6 Å². The van der Waals surface area contributed by atoms with Gasteiger partial charge in [0.15, 0.2) is 18.1 Å². The van der Waals surface area contributed by atoms with Crippen molar-refractivity contribution in [1.29, 1.82) is 0 Å². The number of nitrogens with one attached hydrogen (secondary N) is 3. The van der Waals surface area contributed by atoms with E-state index in [0.717, 1.165) is 16.8 Å². The van der Waals surface area contributed by atoms with E-state index in [2.05, 4.69) is 21.2 Å². The second-order valence-corrected chi connectivity index (χ2v) is 8.09. The minimum absolute atomic E-state index is 0.213. The van der Waals surface area contributed by atoms with Gasteiger partial charge in [0.25, 0.3) is 5.91 Å². The van der Waals surface area contributed by atoms with Gasteiger partial charge in [-0.1, -0.05) is 29.8 Å². The van der Waals surface area contributed by atoms with Crippen LogP contribution in [-0.2, 0) is 14.4 Å². The minimum atomic E-state index is -0.951. The molecule has 0 aliphatic carbocycles. The third-order valence-corrected chi connectivity index (χ3v) is 5.33. The normalized spacial score (nSPS) is 10.6. The first-order valence-corrected chi connectivity index (χ1v) is 11.2. The van der Waals surface area contributed by atoms with Crippen molar-refractivity contribution < 1.29 is 23.9 Å². The predicted octanol–water partition coefficient (Wildman–Crippen LogP) is 4.07. The zero-order valence-electron chi connectivity index (χ0n) is 19.9. The molecule has 0 saturated carbocycles. The molecular formula is C26H25ClN4O5. The largest absolute Gasteiger partial charge is 0.493 e. The maximum absolute atomic E-state index is 12.3. The first-order valence-electron chi connectivity index (χ1n) is 10.8. The van der Waals surface area contributed by atoms with Crippen molar-refractivity contribution in [2.24, 2.45) is 5.10 Å². The summed E-state index contributed by atoms with van der Waals surface area (Å²) in [6.45, 7) is 3.69. The number of benzene rings is 3. The molecule has 0 spiro atoms. The Morgan fingerprint density at radius 1 is 0.944 bits per heavy atom. The lowest BCUT2D eigenvalue weighted by Gasteiger charge is -2.13. The molecule has 3 aromatic rings. The third kappa shape index (κ3) is 7.31. The Hall–Kier alpha value is -4.37. The van der Waals surface area contributed by atoms with Gasteiger partial charge >= 0.3 is 11.8 Å². The van der Waals surface area contributed by atoms with E-state index in [9.17, 15) is 14.4 Å². The predicted molar refractivity (Wildman–Crippen MR) is 139 cm³/mol. The van der Waals surface area contributed by atoms with Crippen LogP contribution in [0.2, 0.25) is 5.02 Å². The molecule has 0 aliphatic heterocycles. The first kappa shape index (κ1) is 26.2. The maximum Gasteiger partial charge on any atom is 0.329 e. The summed E-state index contributed by atoms with van der Waals surface area (Å²) in [7, 11) is 1.46. The molecule has 0 atom stereocenters. The molecule has 3 N–H and O–H groups in total. The number of methoxy groups -OCH3 is 1. The number of rotatable bonds is 8. The summed E-state index contributed by atoms with van der Waals surface area (Å²) in [5, 5.41) is 9.47. The Balaban J connectivity index is 1.54. The number of anilines is 2. The molecule has 0 unspecified atom stereocenters. The lowest BCUT2D eigenvalue weighted by molar-refractivity contribution is -0.136. The maximum atomic E-state index is 12.3. The fourth-order valence-corrected chi connectivity index (χ4v) is 3.26. The number of nitrogens with zero attached hydrogens (tertiary/aromatic N) is 1. The minimum Gasteiger partial charge on any atom is -0.493 e. The fourth-order valence-electron chi connectivity index (χ4n) is 3.07. The van der Waals surface area contributed by atoms with Crippen LogP contribution in [0, 0.1) is 13.8 Å². The molecule has 186 valence electrons. The van der Waals surface area contributed by atoms with Gasteiger partial charge in [0.05, 0.1) is 13.3 Å². The van der Waals surface area contributed by atoms with E-state index in [1.807, 2.05) is 32.0 Å². The average Bonchev–Trinajstić information content (AvgIpc) is 2.85. The molecule has 0 bridgehead atoms. The molecule has 0 heterocycles. The highest BCUT2D eigenvalue weighted by Gasteiger charge is 2.13. The van der Waals surface area contributed by atoms with Gasteiger partial charge in [0.2, 0.25) is 0 Å². The molecule has 3 aromatic carbocycles. The summed E-state index contributed by atoms with van der Waals surface area (Å²) < 4.78 is 10.9. The van der Waals surface area contributed by atoms with Gasteiger partial charge in [0, 0.05) is 16.4 Å². The number of halogens is 1. The summed E-state index contributed by atoms with van der Waals surface area (Å²) in [5.41, 5.74) is 5.89. The summed E-state index contributed by atoms with van der Waals surface area (Å²) >= 11 is 5.86. The smallest absolute Gasteiger partial charge is 0.329 e. The summed E-state index contributed by atoms with van der Waals surface area (Å²) in [6, 6.07) is 17.0. The first-order chi connectivity index (χ1) is 17.3. The number of hydrazone groups is 1.